The highest BCUT2D eigenvalue weighted by Crippen LogP contribution is 2.29. The lowest BCUT2D eigenvalue weighted by molar-refractivity contribution is 0.457. The van der Waals surface area contributed by atoms with E-state index in [1.54, 1.807) is 0 Å². The lowest BCUT2D eigenvalue weighted by Gasteiger charge is -2.25. The zero-order valence-electron chi connectivity index (χ0n) is 11.5. The lowest BCUT2D eigenvalue weighted by Crippen LogP contribution is -2.16. The number of benzene rings is 1. The molecule has 0 amide bonds. The molecule has 0 unspecified atom stereocenters. The van der Waals surface area contributed by atoms with Gasteiger partial charge < -0.3 is 0 Å². The fourth-order valence-electron chi connectivity index (χ4n) is 2.08. The fourth-order valence-corrected chi connectivity index (χ4v) is 2.08. The van der Waals surface area contributed by atoms with Crippen LogP contribution in [0.15, 0.2) is 24.3 Å². The molecule has 0 aliphatic rings. The Bertz CT molecular complexity index is 303. The first-order valence-electron chi connectivity index (χ1n) is 6.58. The van der Waals surface area contributed by atoms with Gasteiger partial charge in [0, 0.05) is 0 Å². The highest BCUT2D eigenvalue weighted by Gasteiger charge is 2.19. The van der Waals surface area contributed by atoms with Crippen LogP contribution < -0.4 is 0 Å². The van der Waals surface area contributed by atoms with Gasteiger partial charge >= 0.3 is 0 Å². The van der Waals surface area contributed by atoms with Gasteiger partial charge in [-0.2, -0.15) is 0 Å². The Balaban J connectivity index is 2.79. The van der Waals surface area contributed by atoms with Crippen LogP contribution in [0.4, 0.5) is 0 Å². The van der Waals surface area contributed by atoms with E-state index in [1.165, 1.54) is 30.4 Å². The second kappa shape index (κ2) is 5.52. The van der Waals surface area contributed by atoms with Crippen LogP contribution in [0.25, 0.3) is 0 Å². The molecule has 16 heavy (non-hydrogen) atoms. The van der Waals surface area contributed by atoms with Crippen molar-refractivity contribution in [2.45, 2.75) is 65.2 Å². The highest BCUT2D eigenvalue weighted by atomic mass is 14.2. The maximum Gasteiger partial charge on any atom is -0.0104 e. The predicted molar refractivity (Wildman–Crippen MR) is 73.1 cm³/mol. The van der Waals surface area contributed by atoms with Crippen molar-refractivity contribution in [1.29, 1.82) is 0 Å². The van der Waals surface area contributed by atoms with Crippen molar-refractivity contribution in [2.24, 2.45) is 0 Å². The van der Waals surface area contributed by atoms with Gasteiger partial charge in [-0.15, -0.1) is 0 Å². The molecule has 0 spiro atoms. The van der Waals surface area contributed by atoms with E-state index in [0.29, 0.717) is 11.3 Å². The fraction of sp³-hybridized carbons (Fsp3) is 0.625. The first-order chi connectivity index (χ1) is 7.47. The largest absolute Gasteiger partial charge is 0.0654 e. The van der Waals surface area contributed by atoms with Crippen molar-refractivity contribution in [3.63, 3.8) is 0 Å². The van der Waals surface area contributed by atoms with E-state index in [4.69, 9.17) is 0 Å². The highest BCUT2D eigenvalue weighted by molar-refractivity contribution is 5.29. The first kappa shape index (κ1) is 13.3. The molecule has 0 aliphatic heterocycles. The van der Waals surface area contributed by atoms with Crippen molar-refractivity contribution in [3.05, 3.63) is 35.4 Å². The normalized spacial score (nSPS) is 12.1. The molecule has 0 heteroatoms. The third-order valence-corrected chi connectivity index (χ3v) is 3.51. The summed E-state index contributed by atoms with van der Waals surface area (Å²) in [5.41, 5.74) is 3.24. The molecule has 0 fully saturated rings. The number of hydrogen-bond donors (Lipinski definition) is 0. The van der Waals surface area contributed by atoms with Gasteiger partial charge in [0.15, 0.2) is 0 Å². The third kappa shape index (κ3) is 3.37. The summed E-state index contributed by atoms with van der Waals surface area (Å²) in [6.45, 7) is 11.5. The molecule has 0 N–H and O–H groups in total. The first-order valence-corrected chi connectivity index (χ1v) is 6.58. The summed E-state index contributed by atoms with van der Waals surface area (Å²) in [6.07, 6.45) is 3.89. The number of unbranched alkanes of at least 4 members (excludes halogenated alkanes) is 1. The van der Waals surface area contributed by atoms with Crippen LogP contribution in [0.5, 0.6) is 0 Å². The molecule has 0 saturated heterocycles. The van der Waals surface area contributed by atoms with Crippen LogP contribution in [0.3, 0.4) is 0 Å². The molecule has 0 aliphatic carbocycles. The van der Waals surface area contributed by atoms with Gasteiger partial charge in [-0.25, -0.2) is 0 Å². The van der Waals surface area contributed by atoms with Crippen molar-refractivity contribution in [2.75, 3.05) is 0 Å². The smallest absolute Gasteiger partial charge is 0.0104 e. The Labute approximate surface area is 101 Å². The molecular weight excluding hydrogens is 192 g/mol. The molecular formula is C16H26. The van der Waals surface area contributed by atoms with Gasteiger partial charge in [-0.05, 0) is 28.9 Å². The van der Waals surface area contributed by atoms with Crippen LogP contribution in [-0.4, -0.2) is 0 Å². The summed E-state index contributed by atoms with van der Waals surface area (Å²) >= 11 is 0. The summed E-state index contributed by atoms with van der Waals surface area (Å²) in [6, 6.07) is 9.19. The van der Waals surface area contributed by atoms with Gasteiger partial charge in [0.25, 0.3) is 0 Å². The van der Waals surface area contributed by atoms with Gasteiger partial charge in [-0.3, -0.25) is 0 Å². The zero-order chi connectivity index (χ0) is 12.2. The Kier molecular flexibility index (Phi) is 4.58. The summed E-state index contributed by atoms with van der Waals surface area (Å²) in [7, 11) is 0. The van der Waals surface area contributed by atoms with E-state index >= 15 is 0 Å². The van der Waals surface area contributed by atoms with E-state index in [-0.39, 0.29) is 0 Å². The minimum atomic E-state index is 0.325. The van der Waals surface area contributed by atoms with Crippen LogP contribution in [-0.2, 0) is 5.41 Å². The van der Waals surface area contributed by atoms with Gasteiger partial charge in [0.05, 0.1) is 0 Å². The molecule has 0 heterocycles. The van der Waals surface area contributed by atoms with Crippen molar-refractivity contribution in [1.82, 2.24) is 0 Å². The Morgan fingerprint density at radius 2 is 1.62 bits per heavy atom. The van der Waals surface area contributed by atoms with Crippen molar-refractivity contribution >= 4 is 0 Å². The molecule has 90 valence electrons. The summed E-state index contributed by atoms with van der Waals surface area (Å²) < 4.78 is 0. The Hall–Kier alpha value is -0.780. The van der Waals surface area contributed by atoms with E-state index < -0.39 is 0 Å². The molecule has 1 aromatic carbocycles. The Morgan fingerprint density at radius 1 is 1.06 bits per heavy atom. The van der Waals surface area contributed by atoms with E-state index in [1.807, 2.05) is 0 Å². The molecule has 0 atom stereocenters. The lowest BCUT2D eigenvalue weighted by atomic mass is 9.79. The molecule has 0 nitrogen and oxygen atoms in total. The molecule has 1 aromatic rings. The molecule has 0 aromatic heterocycles. The topological polar surface area (TPSA) is 0 Å². The minimum absolute atomic E-state index is 0.325. The molecule has 0 saturated carbocycles. The summed E-state index contributed by atoms with van der Waals surface area (Å²) in [5, 5.41) is 0. The van der Waals surface area contributed by atoms with Gasteiger partial charge in [0.2, 0.25) is 0 Å². The molecule has 1 rings (SSSR count). The van der Waals surface area contributed by atoms with E-state index in [2.05, 4.69) is 58.9 Å². The number of rotatable bonds is 5. The average molecular weight is 218 g/mol. The maximum atomic E-state index is 2.35. The summed E-state index contributed by atoms with van der Waals surface area (Å²) in [5.74, 6) is 0.632. The SMILES string of the molecule is CCCCC(C)(C)c1ccc(C(C)C)cc1. The average Bonchev–Trinajstić information content (AvgIpc) is 2.26. The molecule has 0 radical (unpaired) electrons. The quantitative estimate of drug-likeness (QED) is 0.631. The van der Waals surface area contributed by atoms with Crippen LogP contribution in [0.2, 0.25) is 0 Å². The maximum absolute atomic E-state index is 2.35. The van der Waals surface area contributed by atoms with Crippen LogP contribution >= 0.6 is 0 Å². The molecule has 0 bridgehead atoms. The third-order valence-electron chi connectivity index (χ3n) is 3.51. The zero-order valence-corrected chi connectivity index (χ0v) is 11.5. The Morgan fingerprint density at radius 3 is 2.06 bits per heavy atom. The van der Waals surface area contributed by atoms with E-state index in [9.17, 15) is 0 Å². The van der Waals surface area contributed by atoms with Crippen molar-refractivity contribution in [3.8, 4) is 0 Å². The minimum Gasteiger partial charge on any atom is -0.0654 e. The standard InChI is InChI=1S/C16H26/c1-6-7-12-16(4,5)15-10-8-14(9-11-15)13(2)3/h8-11,13H,6-7,12H2,1-5H3. The van der Waals surface area contributed by atoms with E-state index in [0.717, 1.165) is 0 Å². The van der Waals surface area contributed by atoms with Crippen LogP contribution in [0.1, 0.15) is 70.9 Å². The second-order valence-corrected chi connectivity index (χ2v) is 5.76. The predicted octanol–water partition coefficient (Wildman–Crippen LogP) is 5.28. The van der Waals surface area contributed by atoms with Gasteiger partial charge in [0.1, 0.15) is 0 Å². The summed E-state index contributed by atoms with van der Waals surface area (Å²) in [4.78, 5) is 0. The monoisotopic (exact) mass is 218 g/mol. The van der Waals surface area contributed by atoms with Crippen molar-refractivity contribution < 1.29 is 0 Å². The van der Waals surface area contributed by atoms with Crippen LogP contribution in [0, 0.1) is 0 Å². The second-order valence-electron chi connectivity index (χ2n) is 5.76. The van der Waals surface area contributed by atoms with Gasteiger partial charge in [-0.1, -0.05) is 71.7 Å². The number of hydrogen-bond acceptors (Lipinski definition) is 0.